The summed E-state index contributed by atoms with van der Waals surface area (Å²) in [5.41, 5.74) is 1.19. The number of ether oxygens (including phenoxy) is 1. The van der Waals surface area contributed by atoms with Crippen molar-refractivity contribution in [2.75, 3.05) is 6.54 Å². The van der Waals surface area contributed by atoms with E-state index in [1.165, 1.54) is 0 Å². The SMILES string of the molecule is O=C(CNC(=S)NC(=O)c1ccccc1Cl)OCc1ccccc1. The van der Waals surface area contributed by atoms with Gasteiger partial charge in [-0.15, -0.1) is 0 Å². The molecule has 124 valence electrons. The van der Waals surface area contributed by atoms with E-state index in [0.29, 0.717) is 10.6 Å². The summed E-state index contributed by atoms with van der Waals surface area (Å²) in [6.45, 7) is 0.0363. The average molecular weight is 363 g/mol. The first-order chi connectivity index (χ1) is 11.6. The molecule has 2 aromatic rings. The molecule has 0 spiro atoms. The van der Waals surface area contributed by atoms with Crippen LogP contribution in [-0.4, -0.2) is 23.5 Å². The summed E-state index contributed by atoms with van der Waals surface area (Å²) >= 11 is 10.9. The zero-order valence-electron chi connectivity index (χ0n) is 12.6. The predicted molar refractivity (Wildman–Crippen MR) is 95.8 cm³/mol. The monoisotopic (exact) mass is 362 g/mol. The summed E-state index contributed by atoms with van der Waals surface area (Å²) in [6.07, 6.45) is 0. The highest BCUT2D eigenvalue weighted by Gasteiger charge is 2.12. The Morgan fingerprint density at radius 1 is 1.04 bits per heavy atom. The number of benzene rings is 2. The highest BCUT2D eigenvalue weighted by Crippen LogP contribution is 2.14. The van der Waals surface area contributed by atoms with Crippen LogP contribution in [-0.2, 0) is 16.1 Å². The number of thiocarbonyl (C=S) groups is 1. The maximum atomic E-state index is 12.0. The van der Waals surface area contributed by atoms with Crippen LogP contribution in [0.5, 0.6) is 0 Å². The first-order valence-electron chi connectivity index (χ1n) is 7.09. The summed E-state index contributed by atoms with van der Waals surface area (Å²) in [4.78, 5) is 23.6. The van der Waals surface area contributed by atoms with Crippen LogP contribution in [0.3, 0.4) is 0 Å². The highest BCUT2D eigenvalue weighted by molar-refractivity contribution is 7.80. The Bertz CT molecular complexity index is 738. The number of carbonyl (C=O) groups is 2. The van der Waals surface area contributed by atoms with Crippen LogP contribution in [0, 0.1) is 0 Å². The molecule has 0 aliphatic carbocycles. The minimum atomic E-state index is -0.479. The van der Waals surface area contributed by atoms with E-state index in [4.69, 9.17) is 28.6 Å². The summed E-state index contributed by atoms with van der Waals surface area (Å²) < 4.78 is 5.09. The van der Waals surface area contributed by atoms with Gasteiger partial charge in [0.05, 0.1) is 10.6 Å². The first-order valence-corrected chi connectivity index (χ1v) is 7.88. The van der Waals surface area contributed by atoms with E-state index in [1.807, 2.05) is 30.3 Å². The number of nitrogens with one attached hydrogen (secondary N) is 2. The molecule has 0 unspecified atom stereocenters. The Balaban J connectivity index is 1.73. The molecule has 0 heterocycles. The first kappa shape index (κ1) is 17.9. The third kappa shape index (κ3) is 5.64. The van der Waals surface area contributed by atoms with Crippen molar-refractivity contribution in [3.8, 4) is 0 Å². The molecule has 5 nitrogen and oxygen atoms in total. The van der Waals surface area contributed by atoms with E-state index in [9.17, 15) is 9.59 Å². The second-order valence-corrected chi connectivity index (χ2v) is 5.58. The van der Waals surface area contributed by atoms with Crippen LogP contribution in [0.1, 0.15) is 15.9 Å². The highest BCUT2D eigenvalue weighted by atomic mass is 35.5. The molecular weight excluding hydrogens is 348 g/mol. The molecule has 7 heteroatoms. The van der Waals surface area contributed by atoms with Gasteiger partial charge >= 0.3 is 5.97 Å². The van der Waals surface area contributed by atoms with E-state index in [1.54, 1.807) is 24.3 Å². The summed E-state index contributed by atoms with van der Waals surface area (Å²) in [7, 11) is 0. The number of amides is 1. The lowest BCUT2D eigenvalue weighted by Crippen LogP contribution is -2.41. The fraction of sp³-hybridized carbons (Fsp3) is 0.118. The molecule has 0 bridgehead atoms. The Labute approximate surface area is 150 Å². The molecule has 0 fully saturated rings. The van der Waals surface area contributed by atoms with Crippen molar-refractivity contribution in [2.24, 2.45) is 0 Å². The molecule has 0 aliphatic heterocycles. The smallest absolute Gasteiger partial charge is 0.325 e. The molecule has 0 atom stereocenters. The summed E-state index contributed by atoms with van der Waals surface area (Å²) in [6, 6.07) is 15.9. The van der Waals surface area contributed by atoms with E-state index in [-0.39, 0.29) is 18.3 Å². The number of esters is 1. The van der Waals surface area contributed by atoms with Crippen molar-refractivity contribution >= 4 is 40.8 Å². The third-order valence-electron chi connectivity index (χ3n) is 2.98. The van der Waals surface area contributed by atoms with Gasteiger partial charge in [0.2, 0.25) is 0 Å². The molecule has 0 saturated carbocycles. The lowest BCUT2D eigenvalue weighted by molar-refractivity contribution is -0.143. The summed E-state index contributed by atoms with van der Waals surface area (Å²) in [5, 5.41) is 5.42. The van der Waals surface area contributed by atoms with Crippen LogP contribution in [0.15, 0.2) is 54.6 Å². The fourth-order valence-corrected chi connectivity index (χ4v) is 2.19. The van der Waals surface area contributed by atoms with Gasteiger partial charge in [-0.25, -0.2) is 0 Å². The Hall–Kier alpha value is -2.44. The molecule has 2 N–H and O–H groups in total. The molecule has 1 amide bonds. The normalized spacial score (nSPS) is 9.88. The van der Waals surface area contributed by atoms with E-state index >= 15 is 0 Å². The maximum Gasteiger partial charge on any atom is 0.325 e. The zero-order chi connectivity index (χ0) is 17.4. The predicted octanol–water partition coefficient (Wildman–Crippen LogP) is 2.69. The molecule has 0 aliphatic rings. The fourth-order valence-electron chi connectivity index (χ4n) is 1.80. The van der Waals surface area contributed by atoms with Gasteiger partial charge in [0.15, 0.2) is 5.11 Å². The molecular formula is C17H15ClN2O3S. The van der Waals surface area contributed by atoms with Gasteiger partial charge in [-0.2, -0.15) is 0 Å². The number of hydrogen-bond acceptors (Lipinski definition) is 4. The van der Waals surface area contributed by atoms with Crippen molar-refractivity contribution < 1.29 is 14.3 Å². The van der Waals surface area contributed by atoms with Crippen molar-refractivity contribution in [3.05, 3.63) is 70.7 Å². The summed E-state index contributed by atoms with van der Waals surface area (Å²) in [5.74, 6) is -0.927. The number of halogens is 1. The second kappa shape index (κ2) is 9.00. The van der Waals surface area contributed by atoms with Crippen LogP contribution >= 0.6 is 23.8 Å². The maximum absolute atomic E-state index is 12.0. The molecule has 2 rings (SSSR count). The van der Waals surface area contributed by atoms with Crippen molar-refractivity contribution in [3.63, 3.8) is 0 Å². The quantitative estimate of drug-likeness (QED) is 0.632. The lowest BCUT2D eigenvalue weighted by atomic mass is 10.2. The third-order valence-corrected chi connectivity index (χ3v) is 3.56. The Morgan fingerprint density at radius 2 is 1.71 bits per heavy atom. The van der Waals surface area contributed by atoms with Gasteiger partial charge < -0.3 is 10.1 Å². The van der Waals surface area contributed by atoms with Crippen LogP contribution < -0.4 is 10.6 Å². The second-order valence-electron chi connectivity index (χ2n) is 4.76. The van der Waals surface area contributed by atoms with Crippen molar-refractivity contribution in [2.45, 2.75) is 6.61 Å². The largest absolute Gasteiger partial charge is 0.460 e. The lowest BCUT2D eigenvalue weighted by Gasteiger charge is -2.10. The van der Waals surface area contributed by atoms with Gasteiger partial charge in [0.25, 0.3) is 5.91 Å². The Kier molecular flexibility index (Phi) is 6.72. The molecule has 2 aromatic carbocycles. The van der Waals surface area contributed by atoms with E-state index in [0.717, 1.165) is 5.56 Å². The number of rotatable bonds is 5. The van der Waals surface area contributed by atoms with Gasteiger partial charge in [0, 0.05) is 0 Å². The average Bonchev–Trinajstić information content (AvgIpc) is 2.59. The van der Waals surface area contributed by atoms with Crippen LogP contribution in [0.25, 0.3) is 0 Å². The molecule has 0 saturated heterocycles. The van der Waals surface area contributed by atoms with Crippen LogP contribution in [0.4, 0.5) is 0 Å². The standard InChI is InChI=1S/C17H15ClN2O3S/c18-14-9-5-4-8-13(14)16(22)20-17(24)19-10-15(21)23-11-12-6-2-1-3-7-12/h1-9H,10-11H2,(H2,19,20,22,24). The minimum Gasteiger partial charge on any atom is -0.460 e. The number of carbonyl (C=O) groups excluding carboxylic acids is 2. The molecule has 24 heavy (non-hydrogen) atoms. The van der Waals surface area contributed by atoms with Gasteiger partial charge in [-0.05, 0) is 29.9 Å². The van der Waals surface area contributed by atoms with Crippen molar-refractivity contribution in [1.29, 1.82) is 0 Å². The molecule has 0 aromatic heterocycles. The van der Waals surface area contributed by atoms with E-state index < -0.39 is 11.9 Å². The Morgan fingerprint density at radius 3 is 2.42 bits per heavy atom. The minimum absolute atomic E-state index is 0.0246. The topological polar surface area (TPSA) is 67.4 Å². The van der Waals surface area contributed by atoms with Gasteiger partial charge in [0.1, 0.15) is 13.2 Å². The van der Waals surface area contributed by atoms with Crippen LogP contribution in [0.2, 0.25) is 5.02 Å². The van der Waals surface area contributed by atoms with Gasteiger partial charge in [-0.3, -0.25) is 14.9 Å². The zero-order valence-corrected chi connectivity index (χ0v) is 14.2. The van der Waals surface area contributed by atoms with E-state index in [2.05, 4.69) is 10.6 Å². The van der Waals surface area contributed by atoms with Crippen molar-refractivity contribution in [1.82, 2.24) is 10.6 Å². The number of hydrogen-bond donors (Lipinski definition) is 2. The molecule has 0 radical (unpaired) electrons. The van der Waals surface area contributed by atoms with Gasteiger partial charge in [-0.1, -0.05) is 54.1 Å².